The summed E-state index contributed by atoms with van der Waals surface area (Å²) in [5.41, 5.74) is 3.07. The molecule has 1 aliphatic rings. The van der Waals surface area contributed by atoms with Gasteiger partial charge in [0, 0.05) is 16.9 Å². The van der Waals surface area contributed by atoms with Gasteiger partial charge in [0.15, 0.2) is 21.4 Å². The number of hydrogen-bond acceptors (Lipinski definition) is 6. The lowest BCUT2D eigenvalue weighted by Gasteiger charge is -2.24. The Bertz CT molecular complexity index is 1340. The minimum Gasteiger partial charge on any atom is -0.324 e. The molecule has 164 valence electrons. The first-order chi connectivity index (χ1) is 15.1. The van der Waals surface area contributed by atoms with E-state index in [4.69, 9.17) is 0 Å². The lowest BCUT2D eigenvalue weighted by molar-refractivity contribution is -0.117. The van der Waals surface area contributed by atoms with Crippen molar-refractivity contribution in [1.29, 1.82) is 0 Å². The lowest BCUT2D eigenvalue weighted by atomic mass is 9.85. The SMILES string of the molecule is Cc1ccc2c(c1)NC(=O)C(c1ccc(CC(=O)CS(=O)(=O)c3ccc(C)s3)cc1)C2=O. The summed E-state index contributed by atoms with van der Waals surface area (Å²) in [4.78, 5) is 38.7. The summed E-state index contributed by atoms with van der Waals surface area (Å²) >= 11 is 1.15. The van der Waals surface area contributed by atoms with Gasteiger partial charge in [-0.2, -0.15) is 0 Å². The molecule has 0 saturated carbocycles. The smallest absolute Gasteiger partial charge is 0.239 e. The maximum Gasteiger partial charge on any atom is 0.239 e. The Hall–Kier alpha value is -3.10. The van der Waals surface area contributed by atoms with Gasteiger partial charge in [-0.25, -0.2) is 8.42 Å². The lowest BCUT2D eigenvalue weighted by Crippen LogP contribution is -2.33. The van der Waals surface area contributed by atoms with Crippen molar-refractivity contribution in [2.45, 2.75) is 30.4 Å². The molecule has 1 atom stereocenters. The number of amides is 1. The number of benzene rings is 2. The fourth-order valence-electron chi connectivity index (χ4n) is 3.73. The topological polar surface area (TPSA) is 97.4 Å². The minimum absolute atomic E-state index is 0.0449. The zero-order valence-corrected chi connectivity index (χ0v) is 19.2. The second-order valence-corrected chi connectivity index (χ2v) is 11.4. The van der Waals surface area contributed by atoms with Crippen LogP contribution >= 0.6 is 11.3 Å². The average molecular weight is 468 g/mol. The van der Waals surface area contributed by atoms with Gasteiger partial charge in [0.25, 0.3) is 0 Å². The van der Waals surface area contributed by atoms with Crippen molar-refractivity contribution >= 4 is 44.3 Å². The van der Waals surface area contributed by atoms with Crippen LogP contribution in [0.15, 0.2) is 58.8 Å². The van der Waals surface area contributed by atoms with Gasteiger partial charge < -0.3 is 5.32 Å². The number of ketones is 2. The van der Waals surface area contributed by atoms with Crippen LogP contribution in [-0.4, -0.2) is 31.6 Å². The molecular formula is C24H21NO5S2. The molecule has 1 unspecified atom stereocenters. The van der Waals surface area contributed by atoms with E-state index in [0.29, 0.717) is 22.4 Å². The number of nitrogens with one attached hydrogen (secondary N) is 1. The Kier molecular flexibility index (Phi) is 5.83. The number of anilines is 1. The van der Waals surface area contributed by atoms with Crippen molar-refractivity contribution in [3.63, 3.8) is 0 Å². The summed E-state index contributed by atoms with van der Waals surface area (Å²) in [5.74, 6) is -2.61. The van der Waals surface area contributed by atoms with E-state index >= 15 is 0 Å². The van der Waals surface area contributed by atoms with Crippen LogP contribution in [-0.2, 0) is 25.8 Å². The van der Waals surface area contributed by atoms with Gasteiger partial charge in [-0.3, -0.25) is 14.4 Å². The molecule has 1 aromatic heterocycles. The van der Waals surface area contributed by atoms with Crippen LogP contribution in [0.25, 0.3) is 0 Å². The fourth-order valence-corrected chi connectivity index (χ4v) is 6.34. The van der Waals surface area contributed by atoms with Crippen LogP contribution in [0.5, 0.6) is 0 Å². The Balaban J connectivity index is 1.47. The van der Waals surface area contributed by atoms with Crippen molar-refractivity contribution in [3.8, 4) is 0 Å². The predicted molar refractivity (Wildman–Crippen MR) is 123 cm³/mol. The molecule has 0 aliphatic carbocycles. The molecule has 3 aromatic rings. The van der Waals surface area contributed by atoms with E-state index in [1.54, 1.807) is 42.5 Å². The van der Waals surface area contributed by atoms with Crippen LogP contribution < -0.4 is 5.32 Å². The van der Waals surface area contributed by atoms with Crippen molar-refractivity contribution in [3.05, 3.63) is 81.7 Å². The van der Waals surface area contributed by atoms with E-state index in [9.17, 15) is 22.8 Å². The highest BCUT2D eigenvalue weighted by Crippen LogP contribution is 2.32. The second-order valence-electron chi connectivity index (χ2n) is 7.92. The van der Waals surface area contributed by atoms with E-state index < -0.39 is 33.2 Å². The van der Waals surface area contributed by atoms with Crippen molar-refractivity contribution in [2.75, 3.05) is 11.1 Å². The monoisotopic (exact) mass is 467 g/mol. The van der Waals surface area contributed by atoms with Crippen LogP contribution in [0.1, 0.15) is 37.8 Å². The Morgan fingerprint density at radius 1 is 1.00 bits per heavy atom. The van der Waals surface area contributed by atoms with Gasteiger partial charge in [-0.15, -0.1) is 11.3 Å². The third kappa shape index (κ3) is 4.42. The second kappa shape index (κ2) is 8.44. The van der Waals surface area contributed by atoms with Crippen LogP contribution in [0, 0.1) is 13.8 Å². The molecule has 32 heavy (non-hydrogen) atoms. The van der Waals surface area contributed by atoms with Gasteiger partial charge >= 0.3 is 0 Å². The Morgan fingerprint density at radius 3 is 2.38 bits per heavy atom. The van der Waals surface area contributed by atoms with Crippen LogP contribution in [0.3, 0.4) is 0 Å². The Labute approximate surface area is 190 Å². The van der Waals surface area contributed by atoms with Crippen molar-refractivity contribution < 1.29 is 22.8 Å². The first kappa shape index (κ1) is 22.1. The summed E-state index contributed by atoms with van der Waals surface area (Å²) in [5, 5.41) is 2.79. The van der Waals surface area contributed by atoms with Gasteiger partial charge in [0.2, 0.25) is 5.91 Å². The van der Waals surface area contributed by atoms with Gasteiger partial charge in [0.1, 0.15) is 15.9 Å². The molecule has 1 aliphatic heterocycles. The molecule has 8 heteroatoms. The molecule has 2 heterocycles. The van der Waals surface area contributed by atoms with E-state index in [2.05, 4.69) is 5.32 Å². The standard InChI is InChI=1S/C24H21NO5S2/c1-14-3-9-19-20(11-14)25-24(28)22(23(19)27)17-7-5-16(6-8-17)12-18(26)13-32(29,30)21-10-4-15(2)31-21/h3-11,22H,12-13H2,1-2H3,(H,25,28). The number of hydrogen-bond donors (Lipinski definition) is 1. The molecular weight excluding hydrogens is 446 g/mol. The molecule has 6 nitrogen and oxygen atoms in total. The number of thiophene rings is 1. The number of Topliss-reactive ketones (excluding diaryl/α,β-unsaturated/α-hetero) is 2. The summed E-state index contributed by atoms with van der Waals surface area (Å²) in [6.07, 6.45) is -0.0449. The number of sulfone groups is 1. The van der Waals surface area contributed by atoms with E-state index in [-0.39, 0.29) is 16.4 Å². The number of aryl methyl sites for hydroxylation is 2. The van der Waals surface area contributed by atoms with Crippen LogP contribution in [0.2, 0.25) is 0 Å². The predicted octanol–water partition coefficient (Wildman–Crippen LogP) is 3.87. The average Bonchev–Trinajstić information content (AvgIpc) is 3.16. The van der Waals surface area contributed by atoms with E-state index in [1.807, 2.05) is 19.9 Å². The van der Waals surface area contributed by atoms with Gasteiger partial charge in [-0.05, 0) is 54.8 Å². The Morgan fingerprint density at radius 2 is 1.72 bits per heavy atom. The number of carbonyl (C=O) groups is 3. The third-order valence-electron chi connectivity index (χ3n) is 5.31. The molecule has 0 spiro atoms. The summed E-state index contributed by atoms with van der Waals surface area (Å²) in [7, 11) is -3.66. The fraction of sp³-hybridized carbons (Fsp3) is 0.208. The van der Waals surface area contributed by atoms with E-state index in [0.717, 1.165) is 21.8 Å². The molecule has 0 fully saturated rings. The highest BCUT2D eigenvalue weighted by molar-refractivity contribution is 7.94. The quantitative estimate of drug-likeness (QED) is 0.555. The zero-order chi connectivity index (χ0) is 23.0. The molecule has 1 N–H and O–H groups in total. The molecule has 1 amide bonds. The summed E-state index contributed by atoms with van der Waals surface area (Å²) in [6, 6.07) is 15.1. The number of rotatable bonds is 6. The number of fused-ring (bicyclic) bond motifs is 1. The summed E-state index contributed by atoms with van der Waals surface area (Å²) < 4.78 is 25.0. The number of carbonyl (C=O) groups excluding carboxylic acids is 3. The largest absolute Gasteiger partial charge is 0.324 e. The highest BCUT2D eigenvalue weighted by atomic mass is 32.2. The van der Waals surface area contributed by atoms with Crippen LogP contribution in [0.4, 0.5) is 5.69 Å². The molecule has 0 bridgehead atoms. The summed E-state index contributed by atoms with van der Waals surface area (Å²) in [6.45, 7) is 3.69. The highest BCUT2D eigenvalue weighted by Gasteiger charge is 2.35. The maximum atomic E-state index is 12.9. The molecule has 0 saturated heterocycles. The molecule has 0 radical (unpaired) electrons. The minimum atomic E-state index is -3.66. The first-order valence-corrected chi connectivity index (χ1v) is 12.5. The zero-order valence-electron chi connectivity index (χ0n) is 17.5. The van der Waals surface area contributed by atoms with Crippen molar-refractivity contribution in [1.82, 2.24) is 0 Å². The van der Waals surface area contributed by atoms with E-state index in [1.165, 1.54) is 6.07 Å². The van der Waals surface area contributed by atoms with Gasteiger partial charge in [-0.1, -0.05) is 30.3 Å². The molecule has 4 rings (SSSR count). The van der Waals surface area contributed by atoms with Crippen molar-refractivity contribution in [2.24, 2.45) is 0 Å². The normalized spacial score (nSPS) is 15.9. The third-order valence-corrected chi connectivity index (χ3v) is 8.57. The first-order valence-electron chi connectivity index (χ1n) is 9.99. The molecule has 2 aromatic carbocycles. The van der Waals surface area contributed by atoms with Gasteiger partial charge in [0.05, 0.1) is 5.69 Å². The maximum absolute atomic E-state index is 12.9.